The number of pyridine rings is 2. The molecule has 0 spiro atoms. The fourth-order valence-electron chi connectivity index (χ4n) is 2.67. The summed E-state index contributed by atoms with van der Waals surface area (Å²) in [6, 6.07) is 13.5. The summed E-state index contributed by atoms with van der Waals surface area (Å²) in [4.78, 5) is 8.24. The normalized spacial score (nSPS) is 9.93. The monoisotopic (exact) mass is 370 g/mol. The molecule has 3 N–H and O–H groups in total. The van der Waals surface area contributed by atoms with Gasteiger partial charge in [-0.25, -0.2) is 4.98 Å². The number of rotatable bonds is 6. The maximum Gasteiger partial charge on any atom is 0.131 e. The van der Waals surface area contributed by atoms with Crippen molar-refractivity contribution in [3.8, 4) is 23.3 Å². The zero-order chi connectivity index (χ0) is 19.8. The Morgan fingerprint density at radius 2 is 2.00 bits per heavy atom. The lowest BCUT2D eigenvalue weighted by Crippen LogP contribution is -2.12. The second-order valence-corrected chi connectivity index (χ2v) is 6.10. The Morgan fingerprint density at radius 3 is 2.79 bits per heavy atom. The molecule has 3 rings (SSSR count). The van der Waals surface area contributed by atoms with Crippen LogP contribution in [0.25, 0.3) is 5.70 Å². The van der Waals surface area contributed by atoms with Crippen LogP contribution in [0.15, 0.2) is 67.6 Å². The number of benzene rings is 1. The van der Waals surface area contributed by atoms with E-state index in [0.717, 1.165) is 28.1 Å². The van der Waals surface area contributed by atoms with Crippen LogP contribution in [0, 0.1) is 18.8 Å². The maximum atomic E-state index is 6.07. The molecule has 0 unspecified atom stereocenters. The molecule has 3 aromatic rings. The van der Waals surface area contributed by atoms with Crippen molar-refractivity contribution in [2.75, 3.05) is 6.54 Å². The molecular formula is C23H22N4O. The number of aromatic nitrogens is 2. The quantitative estimate of drug-likeness (QED) is 0.648. The summed E-state index contributed by atoms with van der Waals surface area (Å²) in [7, 11) is 0. The lowest BCUT2D eigenvalue weighted by atomic mass is 10.1. The lowest BCUT2D eigenvalue weighted by molar-refractivity contribution is 0.477. The third-order valence-corrected chi connectivity index (χ3v) is 4.14. The second-order valence-electron chi connectivity index (χ2n) is 6.10. The Bertz CT molecular complexity index is 1020. The molecule has 1 aromatic carbocycles. The largest absolute Gasteiger partial charge is 0.457 e. The maximum absolute atomic E-state index is 6.07. The van der Waals surface area contributed by atoms with Gasteiger partial charge in [0.25, 0.3) is 0 Å². The molecule has 0 amide bonds. The van der Waals surface area contributed by atoms with Gasteiger partial charge in [0.2, 0.25) is 0 Å². The molecule has 0 saturated carbocycles. The summed E-state index contributed by atoms with van der Waals surface area (Å²) in [6.45, 7) is 7.16. The van der Waals surface area contributed by atoms with Gasteiger partial charge in [0.15, 0.2) is 0 Å². The van der Waals surface area contributed by atoms with Crippen molar-refractivity contribution in [3.63, 3.8) is 0 Å². The van der Waals surface area contributed by atoms with Gasteiger partial charge in [0, 0.05) is 48.0 Å². The second kappa shape index (κ2) is 9.36. The smallest absolute Gasteiger partial charge is 0.131 e. The van der Waals surface area contributed by atoms with E-state index in [4.69, 9.17) is 10.5 Å². The van der Waals surface area contributed by atoms with Crippen molar-refractivity contribution < 1.29 is 4.74 Å². The lowest BCUT2D eigenvalue weighted by Gasteiger charge is -2.15. The Kier molecular flexibility index (Phi) is 6.40. The van der Waals surface area contributed by atoms with Gasteiger partial charge in [0.1, 0.15) is 17.2 Å². The van der Waals surface area contributed by atoms with Gasteiger partial charge in [-0.05, 0) is 42.7 Å². The third kappa shape index (κ3) is 4.97. The van der Waals surface area contributed by atoms with E-state index >= 15 is 0 Å². The highest BCUT2D eigenvalue weighted by Crippen LogP contribution is 2.29. The zero-order valence-electron chi connectivity index (χ0n) is 15.8. The standard InChI is InChI=1S/C23H22N4O/c1-17-22(18(2)27-16-19-8-12-25-13-9-19)6-3-7-23(17)28-21-10-14-26-20(15-21)5-4-11-24/h3,6-10,12-15,27H,2,11,16,24H2,1H3. The van der Waals surface area contributed by atoms with Crippen molar-refractivity contribution in [1.82, 2.24) is 15.3 Å². The van der Waals surface area contributed by atoms with E-state index < -0.39 is 0 Å². The Labute approximate surface area is 165 Å². The van der Waals surface area contributed by atoms with Gasteiger partial charge >= 0.3 is 0 Å². The van der Waals surface area contributed by atoms with Crippen LogP contribution in [0.3, 0.4) is 0 Å². The van der Waals surface area contributed by atoms with Crippen molar-refractivity contribution >= 4 is 5.70 Å². The van der Waals surface area contributed by atoms with Crippen LogP contribution in [0.2, 0.25) is 0 Å². The molecule has 28 heavy (non-hydrogen) atoms. The highest BCUT2D eigenvalue weighted by Gasteiger charge is 2.09. The average Bonchev–Trinajstić information content (AvgIpc) is 2.73. The van der Waals surface area contributed by atoms with E-state index in [2.05, 4.69) is 33.7 Å². The summed E-state index contributed by atoms with van der Waals surface area (Å²) < 4.78 is 6.07. The molecule has 2 aromatic heterocycles. The number of hydrogen-bond acceptors (Lipinski definition) is 5. The molecule has 5 nitrogen and oxygen atoms in total. The van der Waals surface area contributed by atoms with Crippen LogP contribution in [0.4, 0.5) is 0 Å². The first kappa shape index (κ1) is 19.2. The summed E-state index contributed by atoms with van der Waals surface area (Å²) in [5, 5.41) is 3.36. The van der Waals surface area contributed by atoms with Crippen LogP contribution in [-0.4, -0.2) is 16.5 Å². The summed E-state index contributed by atoms with van der Waals surface area (Å²) in [5.41, 5.74) is 10.0. The van der Waals surface area contributed by atoms with Gasteiger partial charge in [-0.15, -0.1) is 0 Å². The fraction of sp³-hybridized carbons (Fsp3) is 0.130. The predicted octanol–water partition coefficient (Wildman–Crippen LogP) is 3.65. The molecule has 0 atom stereocenters. The molecule has 0 aliphatic rings. The minimum absolute atomic E-state index is 0.294. The van der Waals surface area contributed by atoms with Crippen molar-refractivity contribution in [1.29, 1.82) is 0 Å². The molecule has 0 aliphatic carbocycles. The van der Waals surface area contributed by atoms with Gasteiger partial charge in [0.05, 0.1) is 6.54 Å². The van der Waals surface area contributed by atoms with E-state index in [-0.39, 0.29) is 0 Å². The molecule has 2 heterocycles. The first-order chi connectivity index (χ1) is 13.7. The molecule has 0 fully saturated rings. The Hall–Kier alpha value is -3.62. The van der Waals surface area contributed by atoms with E-state index in [0.29, 0.717) is 24.5 Å². The molecule has 140 valence electrons. The van der Waals surface area contributed by atoms with Crippen LogP contribution >= 0.6 is 0 Å². The fourth-order valence-corrected chi connectivity index (χ4v) is 2.67. The minimum Gasteiger partial charge on any atom is -0.457 e. The summed E-state index contributed by atoms with van der Waals surface area (Å²) in [6.07, 6.45) is 5.23. The van der Waals surface area contributed by atoms with Gasteiger partial charge in [-0.3, -0.25) is 4.98 Å². The number of hydrogen-bond donors (Lipinski definition) is 2. The van der Waals surface area contributed by atoms with E-state index in [1.54, 1.807) is 30.7 Å². The minimum atomic E-state index is 0.294. The number of nitrogens with two attached hydrogens (primary N) is 1. The average molecular weight is 370 g/mol. The number of nitrogens with one attached hydrogen (secondary N) is 1. The van der Waals surface area contributed by atoms with E-state index in [1.165, 1.54) is 0 Å². The van der Waals surface area contributed by atoms with E-state index in [9.17, 15) is 0 Å². The summed E-state index contributed by atoms with van der Waals surface area (Å²) in [5.74, 6) is 7.14. The first-order valence-electron chi connectivity index (χ1n) is 8.92. The molecule has 0 radical (unpaired) electrons. The van der Waals surface area contributed by atoms with Crippen LogP contribution in [0.1, 0.15) is 22.4 Å². The molecule has 0 saturated heterocycles. The van der Waals surface area contributed by atoms with Crippen LogP contribution in [0.5, 0.6) is 11.5 Å². The number of nitrogens with zero attached hydrogens (tertiary/aromatic N) is 2. The van der Waals surface area contributed by atoms with Crippen LogP contribution in [-0.2, 0) is 6.54 Å². The Balaban J connectivity index is 1.74. The first-order valence-corrected chi connectivity index (χ1v) is 8.92. The highest BCUT2D eigenvalue weighted by atomic mass is 16.5. The highest BCUT2D eigenvalue weighted by molar-refractivity contribution is 5.67. The topological polar surface area (TPSA) is 73.1 Å². The number of ether oxygens (including phenoxy) is 1. The summed E-state index contributed by atoms with van der Waals surface area (Å²) >= 11 is 0. The molecule has 0 aliphatic heterocycles. The zero-order valence-corrected chi connectivity index (χ0v) is 15.8. The van der Waals surface area contributed by atoms with Crippen molar-refractivity contribution in [3.05, 3.63) is 90.0 Å². The van der Waals surface area contributed by atoms with Gasteiger partial charge in [-0.2, -0.15) is 0 Å². The SMILES string of the molecule is C=C(NCc1ccncc1)c1cccc(Oc2ccnc(C#CCN)c2)c1C. The van der Waals surface area contributed by atoms with Gasteiger partial charge < -0.3 is 15.8 Å². The molecule has 0 bridgehead atoms. The Morgan fingerprint density at radius 1 is 1.18 bits per heavy atom. The van der Waals surface area contributed by atoms with E-state index in [1.807, 2.05) is 37.3 Å². The van der Waals surface area contributed by atoms with Crippen LogP contribution < -0.4 is 15.8 Å². The van der Waals surface area contributed by atoms with Gasteiger partial charge in [-0.1, -0.05) is 24.6 Å². The van der Waals surface area contributed by atoms with Crippen molar-refractivity contribution in [2.24, 2.45) is 5.73 Å². The predicted molar refractivity (Wildman–Crippen MR) is 112 cm³/mol. The molecular weight excluding hydrogens is 348 g/mol. The van der Waals surface area contributed by atoms with Crippen molar-refractivity contribution in [2.45, 2.75) is 13.5 Å². The third-order valence-electron chi connectivity index (χ3n) is 4.14. The molecule has 5 heteroatoms.